The maximum atomic E-state index is 12.3. The number of phenolic OH excluding ortho intramolecular Hbond substituents is 1. The summed E-state index contributed by atoms with van der Waals surface area (Å²) < 4.78 is 2.21. The van der Waals surface area contributed by atoms with E-state index in [9.17, 15) is 9.90 Å². The summed E-state index contributed by atoms with van der Waals surface area (Å²) in [5, 5.41) is 10.6. The molecule has 1 aliphatic carbocycles. The number of amides is 1. The van der Waals surface area contributed by atoms with E-state index in [1.807, 2.05) is 13.0 Å². The van der Waals surface area contributed by atoms with Crippen molar-refractivity contribution < 1.29 is 9.90 Å². The number of carbonyl (C=O) groups is 1. The van der Waals surface area contributed by atoms with Gasteiger partial charge in [-0.15, -0.1) is 0 Å². The van der Waals surface area contributed by atoms with Gasteiger partial charge in [0.05, 0.1) is 5.57 Å². The molecule has 148 valence electrons. The van der Waals surface area contributed by atoms with Gasteiger partial charge >= 0.3 is 0 Å². The van der Waals surface area contributed by atoms with Crippen molar-refractivity contribution in [2.24, 2.45) is 11.5 Å². The molecular weight excluding hydrogens is 388 g/mol. The zero-order chi connectivity index (χ0) is 20.6. The van der Waals surface area contributed by atoms with E-state index in [1.54, 1.807) is 6.07 Å². The van der Waals surface area contributed by atoms with Gasteiger partial charge in [-0.1, -0.05) is 11.6 Å². The van der Waals surface area contributed by atoms with Crippen molar-refractivity contribution in [3.05, 3.63) is 50.9 Å². The molecule has 0 bridgehead atoms. The third-order valence-corrected chi connectivity index (χ3v) is 6.82. The van der Waals surface area contributed by atoms with E-state index in [0.717, 1.165) is 46.6 Å². The Morgan fingerprint density at radius 1 is 1.28 bits per heavy atom. The molecule has 0 spiro atoms. The number of nitrogens with two attached hydrogens (primary N) is 2. The lowest BCUT2D eigenvalue weighted by Gasteiger charge is -2.26. The highest BCUT2D eigenvalue weighted by molar-refractivity contribution is 6.35. The first-order valence-electron chi connectivity index (χ1n) is 9.77. The molecule has 0 radical (unpaired) electrons. The van der Waals surface area contributed by atoms with Crippen LogP contribution in [0.3, 0.4) is 0 Å². The summed E-state index contributed by atoms with van der Waals surface area (Å²) in [5.41, 5.74) is 20.5. The molecule has 1 amide bonds. The fraction of sp³-hybridized carbons (Fsp3) is 0.318. The van der Waals surface area contributed by atoms with E-state index < -0.39 is 5.91 Å². The van der Waals surface area contributed by atoms with Crippen LogP contribution in [0.15, 0.2) is 17.8 Å². The molecule has 1 unspecified atom stereocenters. The van der Waals surface area contributed by atoms with E-state index in [2.05, 4.69) is 16.5 Å². The number of phenols is 1. The summed E-state index contributed by atoms with van der Waals surface area (Å²) in [7, 11) is 0. The zero-order valence-electron chi connectivity index (χ0n) is 16.3. The smallest absolute Gasteiger partial charge is 0.251 e. The van der Waals surface area contributed by atoms with Gasteiger partial charge in [0.25, 0.3) is 5.91 Å². The number of benzene rings is 1. The number of pyridine rings is 1. The average molecular weight is 410 g/mol. The van der Waals surface area contributed by atoms with Crippen LogP contribution in [0.25, 0.3) is 5.57 Å². The number of aryl methyl sites for hydroxylation is 1. The van der Waals surface area contributed by atoms with Gasteiger partial charge in [0.1, 0.15) is 16.6 Å². The monoisotopic (exact) mass is 409 g/mol. The predicted molar refractivity (Wildman–Crippen MR) is 114 cm³/mol. The summed E-state index contributed by atoms with van der Waals surface area (Å²) >= 11 is 6.56. The van der Waals surface area contributed by atoms with E-state index >= 15 is 0 Å². The standard InChI is InChI=1S/C22H21ClN4O2/c1-9-3-6-13-20-16-12(19(24)18(22(25)29)17(16)21(23)26-13)5-4-11-10(2)15(28)8-7-14(11)27(9)20/h7-8,12H,3-6H2,1-2H3,(H4-,24,25,28,29)/p+1. The van der Waals surface area contributed by atoms with Crippen LogP contribution >= 0.6 is 11.6 Å². The van der Waals surface area contributed by atoms with Crippen LogP contribution in [0.4, 0.5) is 11.4 Å². The number of primary amides is 1. The van der Waals surface area contributed by atoms with Crippen molar-refractivity contribution in [1.29, 1.82) is 0 Å². The number of hydrogen-bond acceptors (Lipinski definition) is 4. The molecule has 1 aromatic carbocycles. The fourth-order valence-electron chi connectivity index (χ4n) is 5.12. The molecule has 1 atom stereocenters. The van der Waals surface area contributed by atoms with Crippen LogP contribution in [0.2, 0.25) is 5.15 Å². The topological polar surface area (TPSA) is 105 Å². The van der Waals surface area contributed by atoms with Gasteiger partial charge in [0, 0.05) is 59.7 Å². The Bertz CT molecular complexity index is 1200. The molecule has 3 heterocycles. The number of halogens is 1. The first kappa shape index (κ1) is 18.2. The molecule has 0 saturated carbocycles. The normalized spacial score (nSPS) is 19.6. The third-order valence-electron chi connectivity index (χ3n) is 6.54. The number of allylic oxidation sites excluding steroid dienone is 1. The Morgan fingerprint density at radius 2 is 2.03 bits per heavy atom. The molecule has 5 rings (SSSR count). The third kappa shape index (κ3) is 2.32. The molecule has 0 fully saturated rings. The van der Waals surface area contributed by atoms with E-state index in [0.29, 0.717) is 34.8 Å². The first-order chi connectivity index (χ1) is 13.8. The Balaban J connectivity index is 1.93. The van der Waals surface area contributed by atoms with Gasteiger partial charge < -0.3 is 16.6 Å². The van der Waals surface area contributed by atoms with Crippen LogP contribution in [0, 0.1) is 6.92 Å². The highest BCUT2D eigenvalue weighted by atomic mass is 35.5. The average Bonchev–Trinajstić information content (AvgIpc) is 2.95. The lowest BCUT2D eigenvalue weighted by Crippen LogP contribution is -2.27. The minimum atomic E-state index is -0.580. The quantitative estimate of drug-likeness (QED) is 0.496. The van der Waals surface area contributed by atoms with Crippen molar-refractivity contribution in [2.75, 3.05) is 0 Å². The number of aromatic hydroxyl groups is 1. The summed E-state index contributed by atoms with van der Waals surface area (Å²) in [6, 6.07) is 3.69. The van der Waals surface area contributed by atoms with Crippen molar-refractivity contribution in [2.45, 2.75) is 45.4 Å². The SMILES string of the molecule is CC1=[N+]2c3ccc(O)c(C)c3CCC3C(N)=C(C(N)=O)c4c(Cl)nc(c2c43)CC1. The Kier molecular flexibility index (Phi) is 3.80. The maximum absolute atomic E-state index is 12.3. The van der Waals surface area contributed by atoms with Crippen LogP contribution < -0.4 is 16.0 Å². The summed E-state index contributed by atoms with van der Waals surface area (Å²) in [5.74, 6) is -0.462. The molecule has 29 heavy (non-hydrogen) atoms. The number of carbonyl (C=O) groups excluding carboxylic acids is 1. The Hall–Kier alpha value is -2.86. The Morgan fingerprint density at radius 3 is 2.76 bits per heavy atom. The summed E-state index contributed by atoms with van der Waals surface area (Å²) in [4.78, 5) is 16.9. The van der Waals surface area contributed by atoms with Crippen molar-refractivity contribution in [1.82, 2.24) is 9.56 Å². The number of hydrogen-bond donors (Lipinski definition) is 3. The van der Waals surface area contributed by atoms with Gasteiger partial charge in [-0.3, -0.25) is 4.79 Å². The van der Waals surface area contributed by atoms with Crippen molar-refractivity contribution in [3.63, 3.8) is 0 Å². The zero-order valence-corrected chi connectivity index (χ0v) is 17.1. The first-order valence-corrected chi connectivity index (χ1v) is 10.1. The summed E-state index contributed by atoms with van der Waals surface area (Å²) in [6.45, 7) is 4.04. The Labute approximate surface area is 173 Å². The molecule has 6 nitrogen and oxygen atoms in total. The van der Waals surface area contributed by atoms with Crippen LogP contribution in [0.1, 0.15) is 53.6 Å². The minimum absolute atomic E-state index is 0.162. The molecular formula is C22H22ClN4O2+. The molecule has 2 aliphatic heterocycles. The molecule has 3 aliphatic rings. The molecule has 2 aromatic rings. The largest absolute Gasteiger partial charge is 0.508 e. The van der Waals surface area contributed by atoms with Crippen molar-refractivity contribution in [3.8, 4) is 5.75 Å². The number of aromatic nitrogens is 1. The van der Waals surface area contributed by atoms with Crippen LogP contribution in [0.5, 0.6) is 5.75 Å². The van der Waals surface area contributed by atoms with E-state index in [4.69, 9.17) is 23.1 Å². The van der Waals surface area contributed by atoms with Gasteiger partial charge in [0.15, 0.2) is 5.71 Å². The van der Waals surface area contributed by atoms with Gasteiger partial charge in [-0.25, -0.2) is 4.98 Å². The van der Waals surface area contributed by atoms with Gasteiger partial charge in [0.2, 0.25) is 11.4 Å². The second-order valence-corrected chi connectivity index (χ2v) is 8.41. The molecule has 0 saturated heterocycles. The van der Waals surface area contributed by atoms with Crippen LogP contribution in [-0.4, -0.2) is 21.7 Å². The van der Waals surface area contributed by atoms with Crippen molar-refractivity contribution >= 4 is 40.2 Å². The number of rotatable bonds is 1. The molecule has 5 N–H and O–H groups in total. The highest BCUT2D eigenvalue weighted by Crippen LogP contribution is 2.53. The number of fused-ring (bicyclic) bond motifs is 2. The van der Waals surface area contributed by atoms with E-state index in [1.165, 1.54) is 5.71 Å². The lowest BCUT2D eigenvalue weighted by atomic mass is 9.85. The van der Waals surface area contributed by atoms with Crippen LogP contribution in [-0.2, 0) is 17.6 Å². The van der Waals surface area contributed by atoms with Gasteiger partial charge in [-0.2, -0.15) is 4.58 Å². The van der Waals surface area contributed by atoms with Gasteiger partial charge in [-0.05, 0) is 25.8 Å². The fourth-order valence-corrected chi connectivity index (χ4v) is 5.42. The predicted octanol–water partition coefficient (Wildman–Crippen LogP) is 3.19. The second kappa shape index (κ2) is 6.07. The second-order valence-electron chi connectivity index (χ2n) is 8.05. The van der Waals surface area contributed by atoms with E-state index in [-0.39, 0.29) is 11.7 Å². The molecule has 1 aromatic heterocycles. The molecule has 7 heteroatoms. The number of nitrogens with zero attached hydrogens (tertiary/aromatic N) is 2. The lowest BCUT2D eigenvalue weighted by molar-refractivity contribution is -0.112. The maximum Gasteiger partial charge on any atom is 0.251 e. The highest BCUT2D eigenvalue weighted by Gasteiger charge is 2.45. The minimum Gasteiger partial charge on any atom is -0.508 e. The summed E-state index contributed by atoms with van der Waals surface area (Å²) in [6.07, 6.45) is 3.04.